The molecule has 128 valence electrons. The zero-order valence-corrected chi connectivity index (χ0v) is 15.8. The molecule has 0 atom stereocenters. The zero-order chi connectivity index (χ0) is 17.5. The minimum atomic E-state index is -0.203. The van der Waals surface area contributed by atoms with E-state index in [1.807, 2.05) is 13.0 Å². The van der Waals surface area contributed by atoms with Crippen LogP contribution in [0.2, 0.25) is 5.02 Å². The Morgan fingerprint density at radius 2 is 2.17 bits per heavy atom. The Hall–Kier alpha value is -1.44. The molecular formula is C16H18ClN3O2S2. The first-order valence-corrected chi connectivity index (χ1v) is 9.86. The number of rotatable bonds is 7. The first kappa shape index (κ1) is 18.9. The molecule has 8 heteroatoms. The highest BCUT2D eigenvalue weighted by Gasteiger charge is 2.09. The molecular weight excluding hydrogens is 366 g/mol. The molecule has 0 spiro atoms. The van der Waals surface area contributed by atoms with Crippen molar-refractivity contribution in [1.82, 2.24) is 9.97 Å². The minimum Gasteiger partial charge on any atom is -0.325 e. The van der Waals surface area contributed by atoms with E-state index in [1.165, 1.54) is 17.8 Å². The number of carbonyl (C=O) groups is 1. The number of amides is 1. The summed E-state index contributed by atoms with van der Waals surface area (Å²) in [4.78, 5) is 30.8. The maximum absolute atomic E-state index is 12.1. The molecule has 1 aromatic heterocycles. The van der Waals surface area contributed by atoms with Crippen molar-refractivity contribution in [2.24, 2.45) is 0 Å². The van der Waals surface area contributed by atoms with Gasteiger partial charge in [-0.15, -0.1) is 0 Å². The number of hydrogen-bond acceptors (Lipinski definition) is 5. The molecule has 0 saturated heterocycles. The molecule has 0 aliphatic carbocycles. The van der Waals surface area contributed by atoms with Crippen molar-refractivity contribution in [3.8, 4) is 0 Å². The molecule has 1 aromatic carbocycles. The van der Waals surface area contributed by atoms with Gasteiger partial charge < -0.3 is 10.3 Å². The quantitative estimate of drug-likeness (QED) is 0.563. The van der Waals surface area contributed by atoms with Crippen LogP contribution >= 0.6 is 35.1 Å². The van der Waals surface area contributed by atoms with Gasteiger partial charge in [0.15, 0.2) is 5.16 Å². The fourth-order valence-electron chi connectivity index (χ4n) is 1.88. The molecule has 1 heterocycles. The lowest BCUT2D eigenvalue weighted by molar-refractivity contribution is -0.113. The average molecular weight is 384 g/mol. The van der Waals surface area contributed by atoms with Crippen LogP contribution < -0.4 is 10.9 Å². The van der Waals surface area contributed by atoms with E-state index in [0.29, 0.717) is 21.6 Å². The summed E-state index contributed by atoms with van der Waals surface area (Å²) < 4.78 is 0. The van der Waals surface area contributed by atoms with E-state index >= 15 is 0 Å². The van der Waals surface area contributed by atoms with Crippen molar-refractivity contribution in [3.05, 3.63) is 50.9 Å². The van der Waals surface area contributed by atoms with Gasteiger partial charge in [0.2, 0.25) is 5.91 Å². The van der Waals surface area contributed by atoms with Crippen molar-refractivity contribution in [2.45, 2.75) is 24.8 Å². The molecule has 24 heavy (non-hydrogen) atoms. The SMILES string of the molecule is CCSCc1cc(=O)[nH]c(SCC(=O)Nc2cc(Cl)ccc2C)n1. The van der Waals surface area contributed by atoms with Crippen molar-refractivity contribution >= 4 is 46.7 Å². The third-order valence-corrected chi connectivity index (χ3v) is 5.06. The Kier molecular flexibility index (Phi) is 7.20. The van der Waals surface area contributed by atoms with Crippen molar-refractivity contribution in [1.29, 1.82) is 0 Å². The number of halogens is 1. The first-order valence-electron chi connectivity index (χ1n) is 7.34. The maximum atomic E-state index is 12.1. The highest BCUT2D eigenvalue weighted by molar-refractivity contribution is 7.99. The maximum Gasteiger partial charge on any atom is 0.251 e. The predicted octanol–water partition coefficient (Wildman–Crippen LogP) is 3.72. The molecule has 2 aromatic rings. The van der Waals surface area contributed by atoms with Gasteiger partial charge in [0.25, 0.3) is 5.56 Å². The van der Waals surface area contributed by atoms with Gasteiger partial charge in [0, 0.05) is 22.5 Å². The van der Waals surface area contributed by atoms with Crippen LogP contribution in [0.4, 0.5) is 5.69 Å². The van der Waals surface area contributed by atoms with Crippen LogP contribution in [0.5, 0.6) is 0 Å². The minimum absolute atomic E-state index is 0.152. The van der Waals surface area contributed by atoms with Crippen molar-refractivity contribution < 1.29 is 4.79 Å². The highest BCUT2D eigenvalue weighted by Crippen LogP contribution is 2.21. The lowest BCUT2D eigenvalue weighted by Crippen LogP contribution is -2.16. The molecule has 0 aliphatic rings. The summed E-state index contributed by atoms with van der Waals surface area (Å²) in [6, 6.07) is 6.82. The number of benzene rings is 1. The Labute approximate surface area is 154 Å². The monoisotopic (exact) mass is 383 g/mol. The summed E-state index contributed by atoms with van der Waals surface area (Å²) in [5.74, 6) is 1.61. The summed E-state index contributed by atoms with van der Waals surface area (Å²) in [6.07, 6.45) is 0. The number of carbonyl (C=O) groups excluding carboxylic acids is 1. The molecule has 0 aliphatic heterocycles. The van der Waals surface area contributed by atoms with Crippen LogP contribution in [0, 0.1) is 6.92 Å². The van der Waals surface area contributed by atoms with E-state index in [-0.39, 0.29) is 17.2 Å². The summed E-state index contributed by atoms with van der Waals surface area (Å²) >= 11 is 8.83. The number of nitrogens with one attached hydrogen (secondary N) is 2. The molecule has 0 radical (unpaired) electrons. The van der Waals surface area contributed by atoms with Gasteiger partial charge >= 0.3 is 0 Å². The summed E-state index contributed by atoms with van der Waals surface area (Å²) in [5, 5.41) is 3.83. The Morgan fingerprint density at radius 1 is 1.38 bits per heavy atom. The molecule has 1 amide bonds. The molecule has 0 fully saturated rings. The lowest BCUT2D eigenvalue weighted by Gasteiger charge is -2.08. The smallest absolute Gasteiger partial charge is 0.251 e. The zero-order valence-electron chi connectivity index (χ0n) is 13.4. The first-order chi connectivity index (χ1) is 11.5. The number of thioether (sulfide) groups is 2. The van der Waals surface area contributed by atoms with E-state index in [9.17, 15) is 9.59 Å². The van der Waals surface area contributed by atoms with Crippen molar-refractivity contribution in [2.75, 3.05) is 16.8 Å². The second-order valence-electron chi connectivity index (χ2n) is 4.98. The van der Waals surface area contributed by atoms with Crippen molar-refractivity contribution in [3.63, 3.8) is 0 Å². The second kappa shape index (κ2) is 9.15. The average Bonchev–Trinajstić information content (AvgIpc) is 2.54. The van der Waals surface area contributed by atoms with E-state index < -0.39 is 0 Å². The van der Waals surface area contributed by atoms with Gasteiger partial charge in [0.1, 0.15) is 0 Å². The second-order valence-corrected chi connectivity index (χ2v) is 7.65. The largest absolute Gasteiger partial charge is 0.325 e. The van der Waals surface area contributed by atoms with Gasteiger partial charge in [-0.1, -0.05) is 36.4 Å². The Balaban J connectivity index is 1.97. The molecule has 2 N–H and O–H groups in total. The standard InChI is InChI=1S/C16H18ClN3O2S2/c1-3-23-8-12-7-14(21)20-16(18-12)24-9-15(22)19-13-6-11(17)5-4-10(13)2/h4-7H,3,8-9H2,1-2H3,(H,19,22)(H,18,20,21). The van der Waals surface area contributed by atoms with Gasteiger partial charge in [-0.3, -0.25) is 9.59 Å². The molecule has 0 saturated carbocycles. The van der Waals surface area contributed by atoms with E-state index in [1.54, 1.807) is 23.9 Å². The normalized spacial score (nSPS) is 10.6. The summed E-state index contributed by atoms with van der Waals surface area (Å²) in [7, 11) is 0. The molecule has 0 unspecified atom stereocenters. The van der Waals surface area contributed by atoms with Gasteiger partial charge in [-0.2, -0.15) is 11.8 Å². The summed E-state index contributed by atoms with van der Waals surface area (Å²) in [5.41, 5.74) is 2.13. The number of aromatic amines is 1. The van der Waals surface area contributed by atoms with Gasteiger partial charge in [-0.25, -0.2) is 4.98 Å². The summed E-state index contributed by atoms with van der Waals surface area (Å²) in [6.45, 7) is 3.95. The third kappa shape index (κ3) is 5.89. The predicted molar refractivity (Wildman–Crippen MR) is 102 cm³/mol. The molecule has 2 rings (SSSR count). The number of nitrogens with zero attached hydrogens (tertiary/aromatic N) is 1. The van der Waals surface area contributed by atoms with Crippen LogP contribution in [-0.4, -0.2) is 27.4 Å². The molecule has 0 bridgehead atoms. The Bertz CT molecular complexity index is 780. The van der Waals surface area contributed by atoms with Crippen LogP contribution in [0.1, 0.15) is 18.2 Å². The van der Waals surface area contributed by atoms with Gasteiger partial charge in [0.05, 0.1) is 11.4 Å². The highest BCUT2D eigenvalue weighted by atomic mass is 35.5. The van der Waals surface area contributed by atoms with Crippen LogP contribution in [0.3, 0.4) is 0 Å². The topological polar surface area (TPSA) is 74.8 Å². The number of H-pyrrole nitrogens is 1. The van der Waals surface area contributed by atoms with Crippen LogP contribution in [0.25, 0.3) is 0 Å². The number of anilines is 1. The van der Waals surface area contributed by atoms with Crippen LogP contribution in [0.15, 0.2) is 34.2 Å². The lowest BCUT2D eigenvalue weighted by atomic mass is 10.2. The number of aryl methyl sites for hydroxylation is 1. The van der Waals surface area contributed by atoms with E-state index in [2.05, 4.69) is 22.2 Å². The molecule has 5 nitrogen and oxygen atoms in total. The fourth-order valence-corrected chi connectivity index (χ4v) is 3.31. The Morgan fingerprint density at radius 3 is 2.92 bits per heavy atom. The van der Waals surface area contributed by atoms with Crippen LogP contribution in [-0.2, 0) is 10.5 Å². The number of hydrogen-bond donors (Lipinski definition) is 2. The number of aromatic nitrogens is 2. The fraction of sp³-hybridized carbons (Fsp3) is 0.312. The third-order valence-electron chi connectivity index (χ3n) is 3.04. The van der Waals surface area contributed by atoms with E-state index in [4.69, 9.17) is 11.6 Å². The van der Waals surface area contributed by atoms with E-state index in [0.717, 1.165) is 17.0 Å². The van der Waals surface area contributed by atoms with Gasteiger partial charge in [-0.05, 0) is 30.4 Å².